The topological polar surface area (TPSA) is 47.6 Å². The third-order valence-corrected chi connectivity index (χ3v) is 2.79. The zero-order chi connectivity index (χ0) is 16.8. The van der Waals surface area contributed by atoms with E-state index in [0.29, 0.717) is 30.2 Å². The molecular weight excluding hydrogens is 311 g/mol. The molecule has 0 heterocycles. The van der Waals surface area contributed by atoms with Crippen LogP contribution >= 0.6 is 0 Å². The number of para-hydroxylation sites is 2. The van der Waals surface area contributed by atoms with E-state index >= 15 is 0 Å². The summed E-state index contributed by atoms with van der Waals surface area (Å²) >= 11 is 0. The van der Waals surface area contributed by atoms with Gasteiger partial charge in [0.1, 0.15) is 5.75 Å². The van der Waals surface area contributed by atoms with Crippen molar-refractivity contribution in [1.29, 1.82) is 0 Å². The van der Waals surface area contributed by atoms with Crippen LogP contribution in [-0.4, -0.2) is 19.1 Å². The molecule has 0 atom stereocenters. The number of anilines is 1. The Morgan fingerprint density at radius 1 is 1.00 bits per heavy atom. The summed E-state index contributed by atoms with van der Waals surface area (Å²) in [5, 5.41) is 2.53. The number of nitrogens with one attached hydrogen (secondary N) is 1. The normalized spacial score (nSPS) is 10.3. The highest BCUT2D eigenvalue weighted by atomic mass is 19.2. The number of halogens is 3. The highest BCUT2D eigenvalue weighted by Crippen LogP contribution is 2.24. The van der Waals surface area contributed by atoms with E-state index in [1.54, 1.807) is 31.2 Å². The van der Waals surface area contributed by atoms with Crippen LogP contribution in [0.15, 0.2) is 36.4 Å². The molecule has 0 aliphatic heterocycles. The predicted octanol–water partition coefficient (Wildman–Crippen LogP) is 3.52. The fraction of sp³-hybridized carbons (Fsp3) is 0.188. The molecule has 23 heavy (non-hydrogen) atoms. The second-order valence-corrected chi connectivity index (χ2v) is 4.46. The molecule has 0 saturated heterocycles. The van der Waals surface area contributed by atoms with E-state index in [1.165, 1.54) is 0 Å². The zero-order valence-electron chi connectivity index (χ0n) is 12.2. The number of carbonyl (C=O) groups excluding carboxylic acids is 1. The van der Waals surface area contributed by atoms with Crippen LogP contribution in [0, 0.1) is 17.5 Å². The molecule has 122 valence electrons. The lowest BCUT2D eigenvalue weighted by Gasteiger charge is -2.12. The van der Waals surface area contributed by atoms with Crippen molar-refractivity contribution in [2.75, 3.05) is 18.5 Å². The molecule has 1 amide bonds. The minimum absolute atomic E-state index is 0.354. The third kappa shape index (κ3) is 4.38. The Kier molecular flexibility index (Phi) is 5.46. The Labute approximate surface area is 130 Å². The highest BCUT2D eigenvalue weighted by Gasteiger charge is 2.13. The minimum Gasteiger partial charge on any atom is -0.492 e. The fourth-order valence-electron chi connectivity index (χ4n) is 1.80. The molecule has 2 rings (SSSR count). The molecule has 1 N–H and O–H groups in total. The summed E-state index contributed by atoms with van der Waals surface area (Å²) in [6, 6.07) is 7.65. The van der Waals surface area contributed by atoms with Crippen molar-refractivity contribution < 1.29 is 27.4 Å². The molecule has 0 saturated carbocycles. The number of carbonyl (C=O) groups is 1. The zero-order valence-corrected chi connectivity index (χ0v) is 12.2. The minimum atomic E-state index is -1.33. The first kappa shape index (κ1) is 16.7. The van der Waals surface area contributed by atoms with Crippen molar-refractivity contribution in [1.82, 2.24) is 0 Å². The summed E-state index contributed by atoms with van der Waals surface area (Å²) < 4.78 is 49.4. The third-order valence-electron chi connectivity index (χ3n) is 2.79. The number of hydrogen-bond acceptors (Lipinski definition) is 3. The van der Waals surface area contributed by atoms with Crippen LogP contribution in [0.2, 0.25) is 0 Å². The van der Waals surface area contributed by atoms with Crippen LogP contribution in [-0.2, 0) is 4.79 Å². The van der Waals surface area contributed by atoms with Crippen molar-refractivity contribution in [3.05, 3.63) is 53.8 Å². The first-order valence-corrected chi connectivity index (χ1v) is 6.80. The number of rotatable bonds is 6. The number of hydrogen-bond donors (Lipinski definition) is 1. The SMILES string of the molecule is CCOc1ccccc1NC(=O)COc1cc(F)c(F)cc1F. The van der Waals surface area contributed by atoms with Crippen molar-refractivity contribution in [2.45, 2.75) is 6.92 Å². The Morgan fingerprint density at radius 3 is 2.43 bits per heavy atom. The Balaban J connectivity index is 2.00. The maximum Gasteiger partial charge on any atom is 0.262 e. The lowest BCUT2D eigenvalue weighted by molar-refractivity contribution is -0.118. The van der Waals surface area contributed by atoms with Gasteiger partial charge in [0.05, 0.1) is 12.3 Å². The molecule has 4 nitrogen and oxygen atoms in total. The van der Waals surface area contributed by atoms with Gasteiger partial charge in [-0.1, -0.05) is 12.1 Å². The van der Waals surface area contributed by atoms with Crippen molar-refractivity contribution in [3.8, 4) is 11.5 Å². The van der Waals surface area contributed by atoms with Crippen LogP contribution in [0.4, 0.5) is 18.9 Å². The molecule has 0 fully saturated rings. The van der Waals surface area contributed by atoms with Crippen molar-refractivity contribution in [3.63, 3.8) is 0 Å². The van der Waals surface area contributed by atoms with Crippen LogP contribution < -0.4 is 14.8 Å². The molecular formula is C16H14F3NO3. The van der Waals surface area contributed by atoms with E-state index in [-0.39, 0.29) is 0 Å². The van der Waals surface area contributed by atoms with Crippen molar-refractivity contribution in [2.24, 2.45) is 0 Å². The van der Waals surface area contributed by atoms with E-state index in [9.17, 15) is 18.0 Å². The van der Waals surface area contributed by atoms with Gasteiger partial charge in [-0.25, -0.2) is 13.2 Å². The van der Waals surface area contributed by atoms with E-state index in [1.807, 2.05) is 0 Å². The first-order valence-electron chi connectivity index (χ1n) is 6.80. The van der Waals surface area contributed by atoms with Gasteiger partial charge in [0.25, 0.3) is 5.91 Å². The number of amides is 1. The van der Waals surface area contributed by atoms with E-state index in [4.69, 9.17) is 9.47 Å². The molecule has 0 aliphatic rings. The van der Waals surface area contributed by atoms with Gasteiger partial charge in [-0.3, -0.25) is 4.79 Å². The maximum atomic E-state index is 13.4. The molecule has 0 radical (unpaired) electrons. The molecule has 2 aromatic rings. The average Bonchev–Trinajstić information content (AvgIpc) is 2.52. The molecule has 0 aromatic heterocycles. The second kappa shape index (κ2) is 7.53. The lowest BCUT2D eigenvalue weighted by Crippen LogP contribution is -2.21. The fourth-order valence-corrected chi connectivity index (χ4v) is 1.80. The van der Waals surface area contributed by atoms with Gasteiger partial charge in [0.15, 0.2) is 29.8 Å². The summed E-state index contributed by atoms with van der Waals surface area (Å²) in [5.41, 5.74) is 0.425. The van der Waals surface area contributed by atoms with Crippen molar-refractivity contribution >= 4 is 11.6 Å². The Morgan fingerprint density at radius 2 is 1.70 bits per heavy atom. The van der Waals surface area contributed by atoms with E-state index in [2.05, 4.69) is 5.32 Å². The van der Waals surface area contributed by atoms with Crippen LogP contribution in [0.1, 0.15) is 6.92 Å². The number of benzene rings is 2. The van der Waals surface area contributed by atoms with Gasteiger partial charge in [-0.05, 0) is 19.1 Å². The molecule has 0 spiro atoms. The first-order chi connectivity index (χ1) is 11.0. The monoisotopic (exact) mass is 325 g/mol. The molecule has 0 unspecified atom stereocenters. The summed E-state index contributed by atoms with van der Waals surface area (Å²) in [6.07, 6.45) is 0. The van der Waals surface area contributed by atoms with E-state index in [0.717, 1.165) is 0 Å². The standard InChI is InChI=1S/C16H14F3NO3/c1-2-22-14-6-4-3-5-13(14)20-16(21)9-23-15-8-11(18)10(17)7-12(15)19/h3-8H,2,9H2,1H3,(H,20,21). The maximum absolute atomic E-state index is 13.4. The largest absolute Gasteiger partial charge is 0.492 e. The Bertz CT molecular complexity index is 707. The molecule has 7 heteroatoms. The molecule has 2 aromatic carbocycles. The van der Waals surface area contributed by atoms with Crippen LogP contribution in [0.25, 0.3) is 0 Å². The van der Waals surface area contributed by atoms with Gasteiger partial charge in [-0.15, -0.1) is 0 Å². The second-order valence-electron chi connectivity index (χ2n) is 4.46. The average molecular weight is 325 g/mol. The van der Waals surface area contributed by atoms with Gasteiger partial charge in [-0.2, -0.15) is 0 Å². The van der Waals surface area contributed by atoms with Gasteiger partial charge in [0.2, 0.25) is 0 Å². The van der Waals surface area contributed by atoms with Gasteiger partial charge < -0.3 is 14.8 Å². The summed E-state index contributed by atoms with van der Waals surface area (Å²) in [5.74, 6) is -4.35. The smallest absolute Gasteiger partial charge is 0.262 e. The highest BCUT2D eigenvalue weighted by molar-refractivity contribution is 5.93. The summed E-state index contributed by atoms with van der Waals surface area (Å²) in [7, 11) is 0. The van der Waals surface area contributed by atoms with Crippen LogP contribution in [0.3, 0.4) is 0 Å². The Hall–Kier alpha value is -2.70. The summed E-state index contributed by atoms with van der Waals surface area (Å²) in [4.78, 5) is 11.8. The number of ether oxygens (including phenoxy) is 2. The van der Waals surface area contributed by atoms with Gasteiger partial charge >= 0.3 is 0 Å². The van der Waals surface area contributed by atoms with E-state index < -0.39 is 35.7 Å². The predicted molar refractivity (Wildman–Crippen MR) is 78.1 cm³/mol. The van der Waals surface area contributed by atoms with Gasteiger partial charge in [0, 0.05) is 12.1 Å². The molecule has 0 bridgehead atoms. The lowest BCUT2D eigenvalue weighted by atomic mass is 10.3. The molecule has 0 aliphatic carbocycles. The van der Waals surface area contributed by atoms with Crippen LogP contribution in [0.5, 0.6) is 11.5 Å². The quantitative estimate of drug-likeness (QED) is 0.827. The summed E-state index contributed by atoms with van der Waals surface area (Å²) in [6.45, 7) is 1.65.